The Labute approximate surface area is 117 Å². The molecule has 0 fully saturated rings. The summed E-state index contributed by atoms with van der Waals surface area (Å²) < 4.78 is 12.7. The van der Waals surface area contributed by atoms with Crippen LogP contribution in [-0.2, 0) is 4.79 Å². The third-order valence-corrected chi connectivity index (χ3v) is 3.46. The van der Waals surface area contributed by atoms with Crippen LogP contribution in [-0.4, -0.2) is 41.4 Å². The molecule has 0 bridgehead atoms. The standard InChI is InChI=1S/C14H20FNO2S/c1-11(2)9-16(10-14(17)18)7-8-19-13-5-3-12(15)4-6-13/h3-6,11H,7-10H2,1-2H3,(H,17,18). The molecule has 0 spiro atoms. The van der Waals surface area contributed by atoms with Gasteiger partial charge in [0, 0.05) is 23.7 Å². The number of carboxylic acid groups (broad SMARTS) is 1. The van der Waals surface area contributed by atoms with E-state index in [2.05, 4.69) is 13.8 Å². The molecule has 1 rings (SSSR count). The van der Waals surface area contributed by atoms with Crippen LogP contribution in [0.3, 0.4) is 0 Å². The number of halogens is 1. The van der Waals surface area contributed by atoms with Gasteiger partial charge < -0.3 is 5.11 Å². The van der Waals surface area contributed by atoms with Crippen LogP contribution in [0.1, 0.15) is 13.8 Å². The van der Waals surface area contributed by atoms with E-state index in [1.54, 1.807) is 23.9 Å². The summed E-state index contributed by atoms with van der Waals surface area (Å²) >= 11 is 1.61. The highest BCUT2D eigenvalue weighted by Gasteiger charge is 2.11. The molecule has 0 aliphatic rings. The van der Waals surface area contributed by atoms with Crippen molar-refractivity contribution in [2.45, 2.75) is 18.7 Å². The van der Waals surface area contributed by atoms with Gasteiger partial charge in [-0.25, -0.2) is 4.39 Å². The van der Waals surface area contributed by atoms with Gasteiger partial charge in [0.15, 0.2) is 0 Å². The lowest BCUT2D eigenvalue weighted by atomic mass is 10.2. The monoisotopic (exact) mass is 285 g/mol. The summed E-state index contributed by atoms with van der Waals surface area (Å²) in [6, 6.07) is 6.35. The van der Waals surface area contributed by atoms with Gasteiger partial charge in [-0.2, -0.15) is 0 Å². The topological polar surface area (TPSA) is 40.5 Å². The average molecular weight is 285 g/mol. The minimum atomic E-state index is -0.799. The SMILES string of the molecule is CC(C)CN(CCSc1ccc(F)cc1)CC(=O)O. The zero-order valence-electron chi connectivity index (χ0n) is 11.3. The second kappa shape index (κ2) is 8.17. The van der Waals surface area contributed by atoms with Crippen LogP contribution in [0.25, 0.3) is 0 Å². The van der Waals surface area contributed by atoms with Gasteiger partial charge in [-0.15, -0.1) is 11.8 Å². The van der Waals surface area contributed by atoms with Crippen molar-refractivity contribution in [2.24, 2.45) is 5.92 Å². The molecule has 5 heteroatoms. The van der Waals surface area contributed by atoms with E-state index < -0.39 is 5.97 Å². The van der Waals surface area contributed by atoms with Crippen molar-refractivity contribution in [3.8, 4) is 0 Å². The number of hydrogen-bond donors (Lipinski definition) is 1. The van der Waals surface area contributed by atoms with Gasteiger partial charge in [0.1, 0.15) is 5.82 Å². The van der Waals surface area contributed by atoms with Crippen LogP contribution in [0.2, 0.25) is 0 Å². The largest absolute Gasteiger partial charge is 0.480 e. The minimum Gasteiger partial charge on any atom is -0.480 e. The molecule has 3 nitrogen and oxygen atoms in total. The second-order valence-electron chi connectivity index (χ2n) is 4.83. The Morgan fingerprint density at radius 1 is 1.37 bits per heavy atom. The number of carbonyl (C=O) groups is 1. The molecule has 0 amide bonds. The fourth-order valence-corrected chi connectivity index (χ4v) is 2.68. The van der Waals surface area contributed by atoms with E-state index in [9.17, 15) is 9.18 Å². The van der Waals surface area contributed by atoms with Gasteiger partial charge >= 0.3 is 5.97 Å². The Kier molecular flexibility index (Phi) is 6.87. The summed E-state index contributed by atoms with van der Waals surface area (Å²) in [5.74, 6) is 0.199. The predicted molar refractivity (Wildman–Crippen MR) is 76.0 cm³/mol. The van der Waals surface area contributed by atoms with Gasteiger partial charge in [0.25, 0.3) is 0 Å². The van der Waals surface area contributed by atoms with Gasteiger partial charge in [-0.1, -0.05) is 13.8 Å². The quantitative estimate of drug-likeness (QED) is 0.746. The number of thioether (sulfide) groups is 1. The first-order valence-electron chi connectivity index (χ1n) is 6.30. The van der Waals surface area contributed by atoms with E-state index in [-0.39, 0.29) is 12.4 Å². The molecule has 0 heterocycles. The van der Waals surface area contributed by atoms with Crippen LogP contribution in [0.15, 0.2) is 29.2 Å². The van der Waals surface area contributed by atoms with Crippen molar-refractivity contribution < 1.29 is 14.3 Å². The van der Waals surface area contributed by atoms with Gasteiger partial charge in [-0.05, 0) is 30.2 Å². The molecule has 106 valence electrons. The Balaban J connectivity index is 2.38. The molecule has 0 saturated carbocycles. The van der Waals surface area contributed by atoms with Gasteiger partial charge in [-0.3, -0.25) is 9.69 Å². The molecule has 0 aliphatic heterocycles. The number of carboxylic acids is 1. The van der Waals surface area contributed by atoms with Crippen LogP contribution >= 0.6 is 11.8 Å². The summed E-state index contributed by atoms with van der Waals surface area (Å²) in [5.41, 5.74) is 0. The molecule has 0 atom stereocenters. The Hall–Kier alpha value is -1.07. The van der Waals surface area contributed by atoms with E-state index in [0.29, 0.717) is 12.5 Å². The fraction of sp³-hybridized carbons (Fsp3) is 0.500. The highest BCUT2D eigenvalue weighted by Crippen LogP contribution is 2.18. The fourth-order valence-electron chi connectivity index (χ4n) is 1.77. The van der Waals surface area contributed by atoms with Crippen LogP contribution in [0.4, 0.5) is 4.39 Å². The van der Waals surface area contributed by atoms with Crippen molar-refractivity contribution in [2.75, 3.05) is 25.4 Å². The Morgan fingerprint density at radius 2 is 2.00 bits per heavy atom. The number of nitrogens with zero attached hydrogens (tertiary/aromatic N) is 1. The van der Waals surface area contributed by atoms with E-state index in [0.717, 1.165) is 17.2 Å². The summed E-state index contributed by atoms with van der Waals surface area (Å²) in [6.07, 6.45) is 0. The van der Waals surface area contributed by atoms with Crippen molar-refractivity contribution in [3.63, 3.8) is 0 Å². The third kappa shape index (κ3) is 7.18. The lowest BCUT2D eigenvalue weighted by Crippen LogP contribution is -2.34. The molecule has 0 unspecified atom stereocenters. The van der Waals surface area contributed by atoms with Crippen molar-refractivity contribution in [1.29, 1.82) is 0 Å². The molecule has 19 heavy (non-hydrogen) atoms. The Morgan fingerprint density at radius 3 is 2.53 bits per heavy atom. The maximum Gasteiger partial charge on any atom is 0.317 e. The van der Waals surface area contributed by atoms with Crippen LogP contribution in [0.5, 0.6) is 0 Å². The highest BCUT2D eigenvalue weighted by molar-refractivity contribution is 7.99. The zero-order valence-corrected chi connectivity index (χ0v) is 12.1. The first-order valence-corrected chi connectivity index (χ1v) is 7.28. The van der Waals surface area contributed by atoms with E-state index in [4.69, 9.17) is 5.11 Å². The van der Waals surface area contributed by atoms with Gasteiger partial charge in [0.05, 0.1) is 6.54 Å². The third-order valence-electron chi connectivity index (χ3n) is 2.47. The molecule has 0 radical (unpaired) electrons. The normalized spacial score (nSPS) is 11.2. The van der Waals surface area contributed by atoms with Crippen molar-refractivity contribution in [3.05, 3.63) is 30.1 Å². The van der Waals surface area contributed by atoms with Crippen molar-refractivity contribution in [1.82, 2.24) is 4.90 Å². The highest BCUT2D eigenvalue weighted by atomic mass is 32.2. The molecule has 0 aromatic heterocycles. The van der Waals surface area contributed by atoms with Gasteiger partial charge in [0.2, 0.25) is 0 Å². The molecular formula is C14H20FNO2S. The van der Waals surface area contributed by atoms with E-state index in [1.807, 2.05) is 4.90 Å². The maximum absolute atomic E-state index is 12.7. The first-order chi connectivity index (χ1) is 8.97. The molecule has 1 aromatic carbocycles. The average Bonchev–Trinajstić information content (AvgIpc) is 2.30. The van der Waals surface area contributed by atoms with E-state index >= 15 is 0 Å². The zero-order chi connectivity index (χ0) is 14.3. The maximum atomic E-state index is 12.7. The number of aliphatic carboxylic acids is 1. The second-order valence-corrected chi connectivity index (χ2v) is 5.99. The lowest BCUT2D eigenvalue weighted by Gasteiger charge is -2.21. The number of hydrogen-bond acceptors (Lipinski definition) is 3. The number of benzene rings is 1. The number of rotatable bonds is 8. The predicted octanol–water partition coefficient (Wildman–Crippen LogP) is 2.96. The summed E-state index contributed by atoms with van der Waals surface area (Å²) in [7, 11) is 0. The summed E-state index contributed by atoms with van der Waals surface area (Å²) in [6.45, 7) is 5.70. The molecular weight excluding hydrogens is 265 g/mol. The summed E-state index contributed by atoms with van der Waals surface area (Å²) in [5, 5.41) is 8.85. The van der Waals surface area contributed by atoms with Crippen LogP contribution < -0.4 is 0 Å². The lowest BCUT2D eigenvalue weighted by molar-refractivity contribution is -0.138. The van der Waals surface area contributed by atoms with E-state index in [1.165, 1.54) is 12.1 Å². The molecule has 1 N–H and O–H groups in total. The van der Waals surface area contributed by atoms with Crippen molar-refractivity contribution >= 4 is 17.7 Å². The Bertz CT molecular complexity index is 395. The summed E-state index contributed by atoms with van der Waals surface area (Å²) in [4.78, 5) is 13.7. The minimum absolute atomic E-state index is 0.0716. The first kappa shape index (κ1) is 16.0. The molecule has 1 aromatic rings. The smallest absolute Gasteiger partial charge is 0.317 e. The molecule has 0 aliphatic carbocycles. The molecule has 0 saturated heterocycles. The van der Waals surface area contributed by atoms with Crippen LogP contribution in [0, 0.1) is 11.7 Å².